The predicted molar refractivity (Wildman–Crippen MR) is 95.5 cm³/mol. The van der Waals surface area contributed by atoms with Crippen LogP contribution in [0.3, 0.4) is 0 Å². The fourth-order valence-electron chi connectivity index (χ4n) is 4.25. The van der Waals surface area contributed by atoms with Gasteiger partial charge in [-0.3, -0.25) is 9.69 Å². The standard InChI is InChI=1S/C18H21N3OS/c1-18-8-9-20(2)17(18)21(3)14-7-6-12(11-13(14)18)19-16(22)15-5-4-10-23-15/h4-7,10-11,17H,8-9H2,1-3H3,(H,19,22). The Bertz CT molecular complexity index is 758. The molecule has 5 heteroatoms. The van der Waals surface area contributed by atoms with E-state index in [2.05, 4.69) is 48.3 Å². The van der Waals surface area contributed by atoms with Gasteiger partial charge in [0.1, 0.15) is 0 Å². The van der Waals surface area contributed by atoms with Crippen molar-refractivity contribution in [3.63, 3.8) is 0 Å². The van der Waals surface area contributed by atoms with E-state index in [-0.39, 0.29) is 11.3 Å². The Kier molecular flexibility index (Phi) is 3.25. The number of carbonyl (C=O) groups is 1. The van der Waals surface area contributed by atoms with Crippen LogP contribution in [0.1, 0.15) is 28.6 Å². The molecule has 1 amide bonds. The van der Waals surface area contributed by atoms with Crippen LogP contribution in [0, 0.1) is 0 Å². The molecule has 2 aliphatic heterocycles. The summed E-state index contributed by atoms with van der Waals surface area (Å²) in [4.78, 5) is 17.8. The van der Waals surface area contributed by atoms with Gasteiger partial charge < -0.3 is 10.2 Å². The normalized spacial score (nSPS) is 26.2. The second-order valence-electron chi connectivity index (χ2n) is 6.80. The van der Waals surface area contributed by atoms with Gasteiger partial charge in [-0.2, -0.15) is 0 Å². The van der Waals surface area contributed by atoms with E-state index in [9.17, 15) is 4.79 Å². The number of hydrogen-bond acceptors (Lipinski definition) is 4. The van der Waals surface area contributed by atoms with Crippen molar-refractivity contribution in [1.29, 1.82) is 0 Å². The number of rotatable bonds is 2. The number of benzene rings is 1. The maximum Gasteiger partial charge on any atom is 0.265 e. The minimum Gasteiger partial charge on any atom is -0.358 e. The molecule has 0 saturated carbocycles. The van der Waals surface area contributed by atoms with Crippen molar-refractivity contribution >= 4 is 28.6 Å². The van der Waals surface area contributed by atoms with Crippen LogP contribution in [-0.4, -0.2) is 37.6 Å². The average Bonchev–Trinajstić information content (AvgIpc) is 3.20. The van der Waals surface area contributed by atoms with Gasteiger partial charge >= 0.3 is 0 Å². The van der Waals surface area contributed by atoms with Crippen LogP contribution in [0.4, 0.5) is 11.4 Å². The van der Waals surface area contributed by atoms with Crippen molar-refractivity contribution in [2.24, 2.45) is 0 Å². The Morgan fingerprint density at radius 3 is 2.91 bits per heavy atom. The molecule has 120 valence electrons. The molecular formula is C18H21N3OS. The van der Waals surface area contributed by atoms with Crippen molar-refractivity contribution in [2.45, 2.75) is 24.9 Å². The van der Waals surface area contributed by atoms with E-state index in [4.69, 9.17) is 0 Å². The molecule has 1 aromatic carbocycles. The predicted octanol–water partition coefficient (Wildman–Crippen LogP) is 3.37. The first-order valence-corrected chi connectivity index (χ1v) is 8.81. The molecule has 4 nitrogen and oxygen atoms in total. The number of nitrogens with one attached hydrogen (secondary N) is 1. The highest BCUT2D eigenvalue weighted by Crippen LogP contribution is 2.51. The Balaban J connectivity index is 1.67. The fraction of sp³-hybridized carbons (Fsp3) is 0.389. The zero-order valence-corrected chi connectivity index (χ0v) is 14.5. The van der Waals surface area contributed by atoms with Gasteiger partial charge in [0.2, 0.25) is 0 Å². The molecule has 2 aliphatic rings. The van der Waals surface area contributed by atoms with Gasteiger partial charge in [0.25, 0.3) is 5.91 Å². The quantitative estimate of drug-likeness (QED) is 0.918. The van der Waals surface area contributed by atoms with Gasteiger partial charge in [0.05, 0.1) is 11.0 Å². The molecule has 2 unspecified atom stereocenters. The number of carbonyl (C=O) groups excluding carboxylic acids is 1. The molecule has 1 fully saturated rings. The summed E-state index contributed by atoms with van der Waals surface area (Å²) in [5.41, 5.74) is 3.63. The minimum absolute atomic E-state index is 0.0310. The molecular weight excluding hydrogens is 306 g/mol. The molecule has 1 saturated heterocycles. The van der Waals surface area contributed by atoms with Crippen LogP contribution in [-0.2, 0) is 5.41 Å². The number of nitrogens with zero attached hydrogens (tertiary/aromatic N) is 2. The molecule has 1 aromatic heterocycles. The van der Waals surface area contributed by atoms with Gasteiger partial charge in [0.15, 0.2) is 0 Å². The van der Waals surface area contributed by atoms with Crippen LogP contribution in [0.2, 0.25) is 0 Å². The number of fused-ring (bicyclic) bond motifs is 3. The molecule has 3 heterocycles. The van der Waals surface area contributed by atoms with Crippen molar-refractivity contribution in [3.05, 3.63) is 46.2 Å². The second kappa shape index (κ2) is 5.08. The molecule has 1 N–H and O–H groups in total. The molecule has 4 rings (SSSR count). The Morgan fingerprint density at radius 1 is 1.35 bits per heavy atom. The second-order valence-corrected chi connectivity index (χ2v) is 7.74. The molecule has 2 atom stereocenters. The van der Waals surface area contributed by atoms with Gasteiger partial charge in [-0.25, -0.2) is 0 Å². The van der Waals surface area contributed by atoms with E-state index >= 15 is 0 Å². The number of thiophene rings is 1. The monoisotopic (exact) mass is 327 g/mol. The van der Waals surface area contributed by atoms with E-state index in [1.807, 2.05) is 23.6 Å². The molecule has 0 radical (unpaired) electrons. The van der Waals surface area contributed by atoms with E-state index in [1.165, 1.54) is 22.6 Å². The zero-order valence-electron chi connectivity index (χ0n) is 13.7. The summed E-state index contributed by atoms with van der Waals surface area (Å²) < 4.78 is 0. The van der Waals surface area contributed by atoms with Crippen LogP contribution in [0.25, 0.3) is 0 Å². The van der Waals surface area contributed by atoms with Gasteiger partial charge in [-0.1, -0.05) is 13.0 Å². The maximum atomic E-state index is 12.3. The first kappa shape index (κ1) is 14.7. The van der Waals surface area contributed by atoms with Crippen LogP contribution in [0.5, 0.6) is 0 Å². The van der Waals surface area contributed by atoms with Gasteiger partial charge in [-0.15, -0.1) is 11.3 Å². The van der Waals surface area contributed by atoms with Crippen molar-refractivity contribution in [3.8, 4) is 0 Å². The van der Waals surface area contributed by atoms with Crippen molar-refractivity contribution < 1.29 is 4.79 Å². The molecule has 23 heavy (non-hydrogen) atoms. The van der Waals surface area contributed by atoms with Crippen LogP contribution in [0.15, 0.2) is 35.7 Å². The zero-order chi connectivity index (χ0) is 16.2. The molecule has 2 aromatic rings. The summed E-state index contributed by atoms with van der Waals surface area (Å²) in [6.45, 7) is 3.45. The number of likely N-dealkylation sites (N-methyl/N-ethyl adjacent to an activating group) is 2. The van der Waals surface area contributed by atoms with Gasteiger partial charge in [-0.05, 0) is 48.7 Å². The third-order valence-corrected chi connectivity index (χ3v) is 6.20. The SMILES string of the molecule is CN1CCC2(C)c3cc(NC(=O)c4cccs4)ccc3N(C)C12. The Hall–Kier alpha value is -1.85. The minimum atomic E-state index is -0.0310. The molecule has 0 bridgehead atoms. The number of hydrogen-bond donors (Lipinski definition) is 1. The highest BCUT2D eigenvalue weighted by Gasteiger charge is 2.52. The fourth-order valence-corrected chi connectivity index (χ4v) is 4.87. The summed E-state index contributed by atoms with van der Waals surface area (Å²) in [6, 6.07) is 10.1. The van der Waals surface area contributed by atoms with E-state index in [0.29, 0.717) is 6.17 Å². The van der Waals surface area contributed by atoms with Crippen LogP contribution >= 0.6 is 11.3 Å². The largest absolute Gasteiger partial charge is 0.358 e. The Labute approximate surface area is 140 Å². The van der Waals surface area contributed by atoms with Crippen molar-refractivity contribution in [2.75, 3.05) is 30.9 Å². The van der Waals surface area contributed by atoms with E-state index in [0.717, 1.165) is 23.5 Å². The molecule has 0 aliphatic carbocycles. The topological polar surface area (TPSA) is 35.6 Å². The summed E-state index contributed by atoms with van der Waals surface area (Å²) in [5, 5.41) is 4.96. The third kappa shape index (κ3) is 2.11. The lowest BCUT2D eigenvalue weighted by molar-refractivity contribution is 0.103. The lowest BCUT2D eigenvalue weighted by atomic mass is 9.81. The number of anilines is 2. The third-order valence-electron chi connectivity index (χ3n) is 5.33. The first-order chi connectivity index (χ1) is 11.0. The highest BCUT2D eigenvalue weighted by molar-refractivity contribution is 7.12. The summed E-state index contributed by atoms with van der Waals surface area (Å²) in [7, 11) is 4.36. The van der Waals surface area contributed by atoms with Crippen molar-refractivity contribution in [1.82, 2.24) is 4.90 Å². The van der Waals surface area contributed by atoms with Gasteiger partial charge in [0, 0.05) is 30.4 Å². The number of amides is 1. The first-order valence-electron chi connectivity index (χ1n) is 7.93. The van der Waals surface area contributed by atoms with E-state index < -0.39 is 0 Å². The lowest BCUT2D eigenvalue weighted by Gasteiger charge is -2.32. The maximum absolute atomic E-state index is 12.3. The highest BCUT2D eigenvalue weighted by atomic mass is 32.1. The summed E-state index contributed by atoms with van der Waals surface area (Å²) >= 11 is 1.46. The Morgan fingerprint density at radius 2 is 2.17 bits per heavy atom. The van der Waals surface area contributed by atoms with E-state index in [1.54, 1.807) is 0 Å². The number of likely N-dealkylation sites (tertiary alicyclic amines) is 1. The molecule has 0 spiro atoms. The summed E-state index contributed by atoms with van der Waals surface area (Å²) in [6.07, 6.45) is 1.55. The smallest absolute Gasteiger partial charge is 0.265 e. The average molecular weight is 327 g/mol. The summed E-state index contributed by atoms with van der Waals surface area (Å²) in [5.74, 6) is -0.0310. The van der Waals surface area contributed by atoms with Crippen LogP contribution < -0.4 is 10.2 Å². The lowest BCUT2D eigenvalue weighted by Crippen LogP contribution is -2.45.